The molecule has 2 nitrogen and oxygen atoms in total. The van der Waals surface area contributed by atoms with Gasteiger partial charge in [0.15, 0.2) is 0 Å². The molecule has 0 atom stereocenters. The van der Waals surface area contributed by atoms with Crippen LogP contribution in [0.4, 0.5) is 4.39 Å². The first-order valence-corrected chi connectivity index (χ1v) is 13.8. The van der Waals surface area contributed by atoms with Crippen LogP contribution in [0.5, 0.6) is 0 Å². The van der Waals surface area contributed by atoms with E-state index in [2.05, 4.69) is 24.0 Å². The van der Waals surface area contributed by atoms with Gasteiger partial charge < -0.3 is 0 Å². The molecule has 1 aromatic heterocycles. The highest BCUT2D eigenvalue weighted by Gasteiger charge is 2.21. The minimum Gasteiger partial charge on any atom is -0.206 e. The van der Waals surface area contributed by atoms with E-state index in [4.69, 9.17) is 0 Å². The molecule has 3 heteroatoms. The van der Waals surface area contributed by atoms with Crippen LogP contribution in [0.15, 0.2) is 30.3 Å². The van der Waals surface area contributed by atoms with Gasteiger partial charge in [-0.15, -0.1) is 0 Å². The molecule has 0 unspecified atom stereocenters. The third kappa shape index (κ3) is 8.83. The smallest absolute Gasteiger partial charge is 0.132 e. The molecule has 0 spiro atoms. The molecule has 1 saturated carbocycles. The van der Waals surface area contributed by atoms with Crippen molar-refractivity contribution in [1.29, 1.82) is 0 Å². The number of nitrogens with zero attached hydrogens (tertiary/aromatic N) is 2. The molecule has 2 aromatic rings. The van der Waals surface area contributed by atoms with Gasteiger partial charge in [-0.1, -0.05) is 97.0 Å². The number of halogens is 1. The van der Waals surface area contributed by atoms with Crippen LogP contribution in [0.25, 0.3) is 11.3 Å². The first-order valence-electron chi connectivity index (χ1n) is 13.8. The maximum Gasteiger partial charge on any atom is 0.132 e. The predicted molar refractivity (Wildman–Crippen MR) is 138 cm³/mol. The molecule has 3 rings (SSSR count). The van der Waals surface area contributed by atoms with E-state index in [-0.39, 0.29) is 5.82 Å². The van der Waals surface area contributed by atoms with E-state index in [1.807, 2.05) is 24.3 Å². The van der Waals surface area contributed by atoms with E-state index in [9.17, 15) is 4.39 Å². The molecular weight excluding hydrogens is 407 g/mol. The zero-order valence-corrected chi connectivity index (χ0v) is 21.1. The minimum atomic E-state index is -0.187. The summed E-state index contributed by atoms with van der Waals surface area (Å²) in [5, 5.41) is 8.78. The van der Waals surface area contributed by atoms with Crippen molar-refractivity contribution in [2.75, 3.05) is 0 Å². The van der Waals surface area contributed by atoms with Crippen LogP contribution in [-0.2, 0) is 12.8 Å². The van der Waals surface area contributed by atoms with E-state index in [0.29, 0.717) is 11.3 Å². The predicted octanol–water partition coefficient (Wildman–Crippen LogP) is 9.11. The van der Waals surface area contributed by atoms with Gasteiger partial charge in [-0.25, -0.2) is 4.39 Å². The second-order valence-electron chi connectivity index (χ2n) is 10.3. The Balaban J connectivity index is 1.40. The van der Waals surface area contributed by atoms with Gasteiger partial charge in [-0.2, -0.15) is 10.2 Å². The highest BCUT2D eigenvalue weighted by atomic mass is 19.1. The average molecular weight is 453 g/mol. The van der Waals surface area contributed by atoms with Crippen molar-refractivity contribution >= 4 is 0 Å². The molecule has 0 saturated heterocycles. The fourth-order valence-corrected chi connectivity index (χ4v) is 5.34. The molecule has 1 aromatic carbocycles. The molecule has 0 amide bonds. The monoisotopic (exact) mass is 452 g/mol. The summed E-state index contributed by atoms with van der Waals surface area (Å²) in [6, 6.07) is 9.54. The second-order valence-corrected chi connectivity index (χ2v) is 10.3. The summed E-state index contributed by atoms with van der Waals surface area (Å²) >= 11 is 0. The number of hydrogen-bond donors (Lipinski definition) is 0. The summed E-state index contributed by atoms with van der Waals surface area (Å²) in [5.74, 6) is 1.61. The van der Waals surface area contributed by atoms with Gasteiger partial charge in [-0.05, 0) is 67.3 Å². The Labute approximate surface area is 201 Å². The van der Waals surface area contributed by atoms with Crippen molar-refractivity contribution in [3.8, 4) is 11.3 Å². The lowest BCUT2D eigenvalue weighted by Crippen LogP contribution is -2.15. The number of benzene rings is 1. The van der Waals surface area contributed by atoms with Crippen molar-refractivity contribution < 1.29 is 4.39 Å². The summed E-state index contributed by atoms with van der Waals surface area (Å²) in [4.78, 5) is 0. The Morgan fingerprint density at radius 1 is 0.727 bits per heavy atom. The maximum absolute atomic E-state index is 14.6. The number of aromatic nitrogens is 2. The van der Waals surface area contributed by atoms with E-state index < -0.39 is 0 Å². The lowest BCUT2D eigenvalue weighted by atomic mass is 9.78. The Morgan fingerprint density at radius 2 is 1.42 bits per heavy atom. The molecule has 33 heavy (non-hydrogen) atoms. The molecule has 0 bridgehead atoms. The third-order valence-corrected chi connectivity index (χ3v) is 7.59. The van der Waals surface area contributed by atoms with Crippen LogP contribution in [-0.4, -0.2) is 10.2 Å². The van der Waals surface area contributed by atoms with Gasteiger partial charge in [0.2, 0.25) is 0 Å². The molecule has 182 valence electrons. The standard InChI is InChI=1S/C30H45FN2/c1-3-5-7-8-10-11-24-13-15-25(16-14-24)17-19-27-20-22-30(33-32-27)28-21-18-26(23-29(28)31)12-9-6-4-2/h18,20-25H,3-17,19H2,1-2H3. The van der Waals surface area contributed by atoms with Gasteiger partial charge in [0.25, 0.3) is 0 Å². The van der Waals surface area contributed by atoms with Crippen LogP contribution < -0.4 is 0 Å². The SMILES string of the molecule is CCCCCCCC1CCC(CCc2ccc(-c3ccc(CCCCC)cc3F)nn2)CC1. The van der Waals surface area contributed by atoms with Gasteiger partial charge in [0.1, 0.15) is 5.82 Å². The van der Waals surface area contributed by atoms with E-state index in [0.717, 1.165) is 42.4 Å². The first-order chi connectivity index (χ1) is 16.2. The molecular formula is C30H45FN2. The van der Waals surface area contributed by atoms with Crippen molar-refractivity contribution in [2.24, 2.45) is 11.8 Å². The van der Waals surface area contributed by atoms with Crippen LogP contribution in [0.1, 0.15) is 115 Å². The van der Waals surface area contributed by atoms with Crippen LogP contribution in [0.2, 0.25) is 0 Å². The first kappa shape index (κ1) is 25.8. The zero-order chi connectivity index (χ0) is 23.3. The van der Waals surface area contributed by atoms with Crippen LogP contribution >= 0.6 is 0 Å². The molecule has 1 aliphatic carbocycles. The van der Waals surface area contributed by atoms with Crippen LogP contribution in [0.3, 0.4) is 0 Å². The zero-order valence-electron chi connectivity index (χ0n) is 21.1. The molecule has 0 aliphatic heterocycles. The third-order valence-electron chi connectivity index (χ3n) is 7.59. The molecule has 1 heterocycles. The summed E-state index contributed by atoms with van der Waals surface area (Å²) in [5.41, 5.74) is 3.30. The summed E-state index contributed by atoms with van der Waals surface area (Å²) in [7, 11) is 0. The Kier molecular flexibility index (Phi) is 11.3. The number of rotatable bonds is 14. The number of hydrogen-bond acceptors (Lipinski definition) is 2. The van der Waals surface area contributed by atoms with Crippen molar-refractivity contribution in [3.05, 3.63) is 47.4 Å². The number of unbranched alkanes of at least 4 members (excludes halogenated alkanes) is 6. The quantitative estimate of drug-likeness (QED) is 0.267. The van der Waals surface area contributed by atoms with Gasteiger partial charge in [0, 0.05) is 5.56 Å². The fraction of sp³-hybridized carbons (Fsp3) is 0.667. The van der Waals surface area contributed by atoms with Gasteiger partial charge in [-0.3, -0.25) is 0 Å². The Hall–Kier alpha value is -1.77. The van der Waals surface area contributed by atoms with E-state index in [1.54, 1.807) is 6.07 Å². The molecule has 1 aliphatic rings. The highest BCUT2D eigenvalue weighted by molar-refractivity contribution is 5.59. The normalized spacial score (nSPS) is 18.5. The van der Waals surface area contributed by atoms with Gasteiger partial charge in [0.05, 0.1) is 11.4 Å². The summed E-state index contributed by atoms with van der Waals surface area (Å²) in [6.07, 6.45) is 20.7. The van der Waals surface area contributed by atoms with Gasteiger partial charge >= 0.3 is 0 Å². The minimum absolute atomic E-state index is 0.187. The Bertz CT molecular complexity index is 793. The van der Waals surface area contributed by atoms with E-state index >= 15 is 0 Å². The molecule has 0 radical (unpaired) electrons. The Morgan fingerprint density at radius 3 is 2.09 bits per heavy atom. The summed E-state index contributed by atoms with van der Waals surface area (Å²) < 4.78 is 14.6. The largest absolute Gasteiger partial charge is 0.206 e. The van der Waals surface area contributed by atoms with Crippen molar-refractivity contribution in [1.82, 2.24) is 10.2 Å². The molecule has 1 fully saturated rings. The van der Waals surface area contributed by atoms with E-state index in [1.165, 1.54) is 83.5 Å². The molecule has 0 N–H and O–H groups in total. The average Bonchev–Trinajstić information content (AvgIpc) is 2.84. The number of aryl methyl sites for hydroxylation is 2. The van der Waals surface area contributed by atoms with Crippen molar-refractivity contribution in [2.45, 2.75) is 117 Å². The highest BCUT2D eigenvalue weighted by Crippen LogP contribution is 2.34. The maximum atomic E-state index is 14.6. The second kappa shape index (κ2) is 14.5. The lowest BCUT2D eigenvalue weighted by Gasteiger charge is -2.28. The topological polar surface area (TPSA) is 25.8 Å². The fourth-order valence-electron chi connectivity index (χ4n) is 5.34. The lowest BCUT2D eigenvalue weighted by molar-refractivity contribution is 0.248. The van der Waals surface area contributed by atoms with Crippen LogP contribution in [0, 0.1) is 17.7 Å². The van der Waals surface area contributed by atoms with Crippen molar-refractivity contribution in [3.63, 3.8) is 0 Å². The summed E-state index contributed by atoms with van der Waals surface area (Å²) in [6.45, 7) is 4.47.